The summed E-state index contributed by atoms with van der Waals surface area (Å²) in [4.78, 5) is 10.9. The van der Waals surface area contributed by atoms with Crippen molar-refractivity contribution in [1.29, 1.82) is 0 Å². The molecule has 1 aliphatic carbocycles. The molecule has 2 atom stereocenters. The van der Waals surface area contributed by atoms with Gasteiger partial charge in [-0.3, -0.25) is 0 Å². The highest BCUT2D eigenvalue weighted by Crippen LogP contribution is 2.39. The van der Waals surface area contributed by atoms with Gasteiger partial charge in [0.1, 0.15) is 5.78 Å². The molecule has 0 radical (unpaired) electrons. The highest BCUT2D eigenvalue weighted by atomic mass is 16.3. The molecular formula is C11H20O2. The molecule has 1 aliphatic rings. The Morgan fingerprint density at radius 1 is 1.54 bits per heavy atom. The van der Waals surface area contributed by atoms with Crippen molar-refractivity contribution in [2.75, 3.05) is 0 Å². The number of hydrogen-bond acceptors (Lipinski definition) is 2. The highest BCUT2D eigenvalue weighted by molar-refractivity contribution is 5.75. The number of hydrogen-bond donors (Lipinski definition) is 1. The Balaban J connectivity index is 2.46. The molecule has 0 saturated heterocycles. The van der Waals surface area contributed by atoms with Gasteiger partial charge in [0.25, 0.3) is 0 Å². The molecule has 2 unspecified atom stereocenters. The van der Waals surface area contributed by atoms with Gasteiger partial charge in [-0.25, -0.2) is 0 Å². The predicted octanol–water partition coefficient (Wildman–Crippen LogP) is 2.30. The van der Waals surface area contributed by atoms with E-state index in [1.165, 1.54) is 6.42 Å². The van der Waals surface area contributed by atoms with Crippen LogP contribution in [0.2, 0.25) is 0 Å². The van der Waals surface area contributed by atoms with Crippen LogP contribution in [-0.4, -0.2) is 17.0 Å². The van der Waals surface area contributed by atoms with Gasteiger partial charge in [0, 0.05) is 6.42 Å². The summed E-state index contributed by atoms with van der Waals surface area (Å²) in [7, 11) is 0. The normalized spacial score (nSPS) is 34.5. The van der Waals surface area contributed by atoms with Crippen LogP contribution < -0.4 is 0 Å². The van der Waals surface area contributed by atoms with Gasteiger partial charge in [0.2, 0.25) is 0 Å². The van der Waals surface area contributed by atoms with E-state index >= 15 is 0 Å². The average Bonchev–Trinajstić information content (AvgIpc) is 2.07. The number of carbonyl (C=O) groups excluding carboxylic acids is 1. The largest absolute Gasteiger partial charge is 0.393 e. The number of aliphatic hydroxyl groups excluding tert-OH is 1. The molecule has 1 saturated carbocycles. The molecule has 0 spiro atoms. The van der Waals surface area contributed by atoms with E-state index in [1.54, 1.807) is 6.92 Å². The van der Waals surface area contributed by atoms with Crippen LogP contribution in [0.5, 0.6) is 0 Å². The first kappa shape index (κ1) is 10.7. The SMILES string of the molecule is CC(=O)CCC1(C)CCCCC1O. The molecule has 0 heterocycles. The first-order valence-corrected chi connectivity index (χ1v) is 5.22. The van der Waals surface area contributed by atoms with Crippen LogP contribution in [0.3, 0.4) is 0 Å². The summed E-state index contributed by atoms with van der Waals surface area (Å²) >= 11 is 0. The zero-order chi connectivity index (χ0) is 9.90. The van der Waals surface area contributed by atoms with Crippen molar-refractivity contribution in [3.8, 4) is 0 Å². The minimum Gasteiger partial charge on any atom is -0.393 e. The average molecular weight is 184 g/mol. The van der Waals surface area contributed by atoms with Gasteiger partial charge in [0.15, 0.2) is 0 Å². The molecule has 0 aromatic heterocycles. The fourth-order valence-corrected chi connectivity index (χ4v) is 2.13. The van der Waals surface area contributed by atoms with E-state index in [-0.39, 0.29) is 17.3 Å². The Bertz CT molecular complexity index is 189. The van der Waals surface area contributed by atoms with Crippen LogP contribution in [0.25, 0.3) is 0 Å². The molecule has 2 nitrogen and oxygen atoms in total. The second-order valence-electron chi connectivity index (χ2n) is 4.62. The zero-order valence-electron chi connectivity index (χ0n) is 8.68. The maximum absolute atomic E-state index is 10.9. The Labute approximate surface area is 80.3 Å². The smallest absolute Gasteiger partial charge is 0.129 e. The molecule has 1 N–H and O–H groups in total. The van der Waals surface area contributed by atoms with Gasteiger partial charge in [-0.15, -0.1) is 0 Å². The summed E-state index contributed by atoms with van der Waals surface area (Å²) in [5.41, 5.74) is 0.00389. The molecule has 13 heavy (non-hydrogen) atoms. The quantitative estimate of drug-likeness (QED) is 0.730. The molecule has 0 amide bonds. The molecule has 0 aromatic carbocycles. The molecule has 1 rings (SSSR count). The monoisotopic (exact) mass is 184 g/mol. The Morgan fingerprint density at radius 2 is 2.23 bits per heavy atom. The minimum atomic E-state index is -0.194. The van der Waals surface area contributed by atoms with Crippen molar-refractivity contribution in [3.63, 3.8) is 0 Å². The van der Waals surface area contributed by atoms with E-state index in [0.29, 0.717) is 6.42 Å². The summed E-state index contributed by atoms with van der Waals surface area (Å²) in [5, 5.41) is 9.83. The lowest BCUT2D eigenvalue weighted by Gasteiger charge is -2.38. The highest BCUT2D eigenvalue weighted by Gasteiger charge is 2.34. The van der Waals surface area contributed by atoms with Crippen molar-refractivity contribution in [2.24, 2.45) is 5.41 Å². The van der Waals surface area contributed by atoms with E-state index in [9.17, 15) is 9.90 Å². The number of Topliss-reactive ketones (excluding diaryl/α,β-unsaturated/α-hetero) is 1. The van der Waals surface area contributed by atoms with E-state index < -0.39 is 0 Å². The van der Waals surface area contributed by atoms with E-state index in [1.807, 2.05) is 0 Å². The topological polar surface area (TPSA) is 37.3 Å². The van der Waals surface area contributed by atoms with Crippen molar-refractivity contribution in [2.45, 2.75) is 58.5 Å². The number of ketones is 1. The van der Waals surface area contributed by atoms with Crippen LogP contribution in [0.15, 0.2) is 0 Å². The first-order valence-electron chi connectivity index (χ1n) is 5.22. The predicted molar refractivity (Wildman–Crippen MR) is 52.5 cm³/mol. The molecule has 2 heteroatoms. The Kier molecular flexibility index (Phi) is 3.48. The van der Waals surface area contributed by atoms with E-state index in [2.05, 4.69) is 6.92 Å². The molecule has 76 valence electrons. The third kappa shape index (κ3) is 2.80. The first-order chi connectivity index (χ1) is 6.04. The lowest BCUT2D eigenvalue weighted by atomic mass is 9.70. The van der Waals surface area contributed by atoms with Crippen LogP contribution >= 0.6 is 0 Å². The summed E-state index contributed by atoms with van der Waals surface area (Å²) in [6.45, 7) is 3.73. The van der Waals surface area contributed by atoms with Crippen molar-refractivity contribution < 1.29 is 9.90 Å². The lowest BCUT2D eigenvalue weighted by Crippen LogP contribution is -2.35. The molecule has 0 aromatic rings. The maximum Gasteiger partial charge on any atom is 0.129 e. The van der Waals surface area contributed by atoms with Gasteiger partial charge >= 0.3 is 0 Å². The summed E-state index contributed by atoms with van der Waals surface area (Å²) in [6.07, 6.45) is 5.59. The van der Waals surface area contributed by atoms with Crippen molar-refractivity contribution >= 4 is 5.78 Å². The minimum absolute atomic E-state index is 0.00389. The Morgan fingerprint density at radius 3 is 2.77 bits per heavy atom. The molecular weight excluding hydrogens is 164 g/mol. The van der Waals surface area contributed by atoms with Crippen LogP contribution in [0.4, 0.5) is 0 Å². The van der Waals surface area contributed by atoms with Crippen LogP contribution in [-0.2, 0) is 4.79 Å². The van der Waals surface area contributed by atoms with Gasteiger partial charge in [-0.2, -0.15) is 0 Å². The third-order valence-corrected chi connectivity index (χ3v) is 3.33. The number of rotatable bonds is 3. The van der Waals surface area contributed by atoms with Gasteiger partial charge in [-0.1, -0.05) is 19.8 Å². The van der Waals surface area contributed by atoms with Crippen LogP contribution in [0.1, 0.15) is 52.4 Å². The number of carbonyl (C=O) groups is 1. The molecule has 0 aliphatic heterocycles. The van der Waals surface area contributed by atoms with Crippen molar-refractivity contribution in [1.82, 2.24) is 0 Å². The molecule has 0 bridgehead atoms. The fraction of sp³-hybridized carbons (Fsp3) is 0.909. The zero-order valence-corrected chi connectivity index (χ0v) is 8.68. The third-order valence-electron chi connectivity index (χ3n) is 3.33. The fourth-order valence-electron chi connectivity index (χ4n) is 2.13. The van der Waals surface area contributed by atoms with Crippen molar-refractivity contribution in [3.05, 3.63) is 0 Å². The summed E-state index contributed by atoms with van der Waals surface area (Å²) in [5.74, 6) is 0.235. The van der Waals surface area contributed by atoms with Gasteiger partial charge in [-0.05, 0) is 31.6 Å². The van der Waals surface area contributed by atoms with Gasteiger partial charge < -0.3 is 9.90 Å². The summed E-state index contributed by atoms with van der Waals surface area (Å²) < 4.78 is 0. The second-order valence-corrected chi connectivity index (χ2v) is 4.62. The van der Waals surface area contributed by atoms with Gasteiger partial charge in [0.05, 0.1) is 6.10 Å². The van der Waals surface area contributed by atoms with Crippen LogP contribution in [0, 0.1) is 5.41 Å². The van der Waals surface area contributed by atoms with E-state index in [4.69, 9.17) is 0 Å². The summed E-state index contributed by atoms with van der Waals surface area (Å²) in [6, 6.07) is 0. The number of aliphatic hydroxyl groups is 1. The van der Waals surface area contributed by atoms with E-state index in [0.717, 1.165) is 25.7 Å². The lowest BCUT2D eigenvalue weighted by molar-refractivity contribution is -0.118. The molecule has 1 fully saturated rings. The standard InChI is InChI=1S/C11H20O2/c1-9(12)6-8-11(2)7-4-3-5-10(11)13/h10,13H,3-8H2,1-2H3. The maximum atomic E-state index is 10.9. The second kappa shape index (κ2) is 4.23. The Hall–Kier alpha value is -0.370.